The van der Waals surface area contributed by atoms with Crippen molar-refractivity contribution in [1.29, 1.82) is 5.26 Å². The summed E-state index contributed by atoms with van der Waals surface area (Å²) in [6.45, 7) is 2.10. The number of carbonyl (C=O) groups is 3. The molecule has 2 fully saturated rings. The van der Waals surface area contributed by atoms with E-state index in [2.05, 4.69) is 10.2 Å². The standard InChI is InChI=1S/C33H31F2N5O5/c34-26-14-20(29(18-41)39-12-10-38(11-13-39)23-7-6-21(16-36)27(35)15-23)4-5-22(26)19-45-30-3-1-2-24-25(30)17-40(33(24)44)28-8-9-31(42)37-32(28)43/h1-7,14-15,28-29,41H,8-13,17-19H2,(H,37,42,43)/t28-,29?/m0/s1. The number of nitrogens with zero attached hydrogens (tertiary/aromatic N) is 4. The summed E-state index contributed by atoms with van der Waals surface area (Å²) in [5.74, 6) is -1.83. The summed E-state index contributed by atoms with van der Waals surface area (Å²) in [6.07, 6.45) is 0.405. The fourth-order valence-electron chi connectivity index (χ4n) is 6.25. The Balaban J connectivity index is 1.09. The Hall–Kier alpha value is -4.86. The Morgan fingerprint density at radius 1 is 1.02 bits per heavy atom. The maximum Gasteiger partial charge on any atom is 0.255 e. The van der Waals surface area contributed by atoms with Crippen LogP contribution >= 0.6 is 0 Å². The van der Waals surface area contributed by atoms with Gasteiger partial charge in [0.15, 0.2) is 0 Å². The van der Waals surface area contributed by atoms with Gasteiger partial charge in [-0.2, -0.15) is 5.26 Å². The number of fused-ring (bicyclic) bond motifs is 1. The minimum atomic E-state index is -0.748. The molecule has 2 saturated heterocycles. The molecule has 3 aromatic rings. The van der Waals surface area contributed by atoms with Crippen LogP contribution in [0.5, 0.6) is 5.75 Å². The summed E-state index contributed by atoms with van der Waals surface area (Å²) in [7, 11) is 0. The van der Waals surface area contributed by atoms with Gasteiger partial charge in [0.1, 0.15) is 36.1 Å². The molecule has 0 bridgehead atoms. The quantitative estimate of drug-likeness (QED) is 0.371. The second kappa shape index (κ2) is 12.6. The van der Waals surface area contributed by atoms with Crippen LogP contribution in [0.1, 0.15) is 51.5 Å². The van der Waals surface area contributed by atoms with Crippen molar-refractivity contribution in [2.75, 3.05) is 37.7 Å². The van der Waals surface area contributed by atoms with E-state index >= 15 is 4.39 Å². The van der Waals surface area contributed by atoms with Crippen LogP contribution in [0.25, 0.3) is 0 Å². The van der Waals surface area contributed by atoms with E-state index in [1.54, 1.807) is 36.4 Å². The molecule has 6 rings (SSSR count). The van der Waals surface area contributed by atoms with Crippen LogP contribution in [0.15, 0.2) is 54.6 Å². The van der Waals surface area contributed by atoms with Crippen molar-refractivity contribution >= 4 is 23.4 Å². The molecule has 12 heteroatoms. The van der Waals surface area contributed by atoms with Crippen LogP contribution in [0.2, 0.25) is 0 Å². The number of piperazine rings is 1. The number of anilines is 1. The maximum absolute atomic E-state index is 15.3. The molecule has 3 aliphatic rings. The predicted molar refractivity (Wildman–Crippen MR) is 158 cm³/mol. The summed E-state index contributed by atoms with van der Waals surface area (Å²) >= 11 is 0. The SMILES string of the molecule is N#Cc1ccc(N2CCN(C(CO)c3ccc(COc4cccc5c4CN([C@H]4CCC(=O)NC4=O)C5=O)c(F)c3)CC2)cc1F. The Labute approximate surface area is 258 Å². The summed E-state index contributed by atoms with van der Waals surface area (Å²) in [6, 6.07) is 15.0. The Morgan fingerprint density at radius 2 is 1.82 bits per heavy atom. The van der Waals surface area contributed by atoms with Crippen LogP contribution in [0, 0.1) is 23.0 Å². The second-order valence-electron chi connectivity index (χ2n) is 11.3. The van der Waals surface area contributed by atoms with Crippen LogP contribution in [0.3, 0.4) is 0 Å². The Morgan fingerprint density at radius 3 is 2.51 bits per heavy atom. The first-order valence-electron chi connectivity index (χ1n) is 14.7. The number of benzene rings is 3. The number of carbonyl (C=O) groups excluding carboxylic acids is 3. The molecule has 0 saturated carbocycles. The zero-order valence-corrected chi connectivity index (χ0v) is 24.3. The van der Waals surface area contributed by atoms with Crippen molar-refractivity contribution < 1.29 is 33.0 Å². The lowest BCUT2D eigenvalue weighted by Gasteiger charge is -2.40. The highest BCUT2D eigenvalue weighted by molar-refractivity contribution is 6.05. The number of halogens is 2. The molecule has 3 amide bonds. The van der Waals surface area contributed by atoms with Crippen LogP contribution < -0.4 is 15.0 Å². The summed E-state index contributed by atoms with van der Waals surface area (Å²) < 4.78 is 35.4. The third-order valence-electron chi connectivity index (χ3n) is 8.75. The van der Waals surface area contributed by atoms with E-state index in [9.17, 15) is 23.9 Å². The molecule has 3 aromatic carbocycles. The molecular weight excluding hydrogens is 584 g/mol. The molecule has 232 valence electrons. The number of rotatable bonds is 8. The zero-order chi connectivity index (χ0) is 31.7. The molecule has 3 heterocycles. The van der Waals surface area contributed by atoms with Gasteiger partial charge in [0.25, 0.3) is 5.91 Å². The number of nitrogens with one attached hydrogen (secondary N) is 1. The van der Waals surface area contributed by atoms with Crippen LogP contribution in [0.4, 0.5) is 14.5 Å². The first kappa shape index (κ1) is 30.2. The van der Waals surface area contributed by atoms with Gasteiger partial charge < -0.3 is 19.6 Å². The van der Waals surface area contributed by atoms with Crippen molar-refractivity contribution in [1.82, 2.24) is 15.1 Å². The number of amides is 3. The van der Waals surface area contributed by atoms with E-state index in [1.807, 2.05) is 11.0 Å². The molecule has 1 unspecified atom stereocenters. The minimum Gasteiger partial charge on any atom is -0.488 e. The van der Waals surface area contributed by atoms with Gasteiger partial charge in [-0.25, -0.2) is 8.78 Å². The van der Waals surface area contributed by atoms with E-state index in [0.717, 1.165) is 0 Å². The van der Waals surface area contributed by atoms with Crippen molar-refractivity contribution in [3.63, 3.8) is 0 Å². The van der Waals surface area contributed by atoms with Crippen molar-refractivity contribution in [3.05, 3.63) is 94.0 Å². The van der Waals surface area contributed by atoms with Crippen LogP contribution in [-0.4, -0.2) is 71.5 Å². The average molecular weight is 616 g/mol. The van der Waals surface area contributed by atoms with Crippen LogP contribution in [-0.2, 0) is 22.7 Å². The molecule has 3 aliphatic heterocycles. The number of aliphatic hydroxyl groups is 1. The lowest BCUT2D eigenvalue weighted by molar-refractivity contribution is -0.136. The van der Waals surface area contributed by atoms with E-state index in [1.165, 1.54) is 23.1 Å². The molecule has 0 spiro atoms. The van der Waals surface area contributed by atoms with Crippen molar-refractivity contribution in [3.8, 4) is 11.8 Å². The highest BCUT2D eigenvalue weighted by Gasteiger charge is 2.40. The number of hydrogen-bond donors (Lipinski definition) is 2. The third kappa shape index (κ3) is 5.96. The van der Waals surface area contributed by atoms with Gasteiger partial charge in [0.2, 0.25) is 11.8 Å². The maximum atomic E-state index is 15.3. The van der Waals surface area contributed by atoms with E-state index < -0.39 is 29.6 Å². The highest BCUT2D eigenvalue weighted by Crippen LogP contribution is 2.34. The second-order valence-corrected chi connectivity index (χ2v) is 11.3. The number of nitriles is 1. The molecular formula is C33H31F2N5O5. The van der Waals surface area contributed by atoms with E-state index in [0.29, 0.717) is 59.9 Å². The van der Waals surface area contributed by atoms with Gasteiger partial charge in [0.05, 0.1) is 24.8 Å². The Bertz CT molecular complexity index is 1700. The Kier molecular flexibility index (Phi) is 8.47. The lowest BCUT2D eigenvalue weighted by Crippen LogP contribution is -2.52. The topological polar surface area (TPSA) is 126 Å². The van der Waals surface area contributed by atoms with Gasteiger partial charge in [-0.05, 0) is 48.4 Å². The smallest absolute Gasteiger partial charge is 0.255 e. The molecule has 0 radical (unpaired) electrons. The average Bonchev–Trinajstić information content (AvgIpc) is 3.37. The largest absolute Gasteiger partial charge is 0.488 e. The minimum absolute atomic E-state index is 0.00666. The van der Waals surface area contributed by atoms with Gasteiger partial charge in [0, 0.05) is 55.0 Å². The number of ether oxygens (including phenoxy) is 1. The third-order valence-corrected chi connectivity index (χ3v) is 8.75. The summed E-state index contributed by atoms with van der Waals surface area (Å²) in [4.78, 5) is 42.5. The molecule has 45 heavy (non-hydrogen) atoms. The predicted octanol–water partition coefficient (Wildman–Crippen LogP) is 3.03. The number of hydrogen-bond acceptors (Lipinski definition) is 8. The first-order valence-corrected chi connectivity index (χ1v) is 14.7. The normalized spacial score (nSPS) is 19.2. The monoisotopic (exact) mass is 615 g/mol. The van der Waals surface area contributed by atoms with Gasteiger partial charge in [-0.15, -0.1) is 0 Å². The molecule has 0 aliphatic carbocycles. The van der Waals surface area contributed by atoms with E-state index in [-0.39, 0.29) is 50.0 Å². The molecule has 2 N–H and O–H groups in total. The van der Waals surface area contributed by atoms with Crippen molar-refractivity contribution in [2.45, 2.75) is 38.1 Å². The van der Waals surface area contributed by atoms with Gasteiger partial charge in [-0.3, -0.25) is 24.6 Å². The first-order chi connectivity index (χ1) is 21.8. The van der Waals surface area contributed by atoms with Gasteiger partial charge in [-0.1, -0.05) is 18.2 Å². The lowest BCUT2D eigenvalue weighted by atomic mass is 10.0. The number of imide groups is 1. The molecule has 0 aromatic heterocycles. The van der Waals surface area contributed by atoms with Crippen molar-refractivity contribution in [2.24, 2.45) is 0 Å². The summed E-state index contributed by atoms with van der Waals surface area (Å²) in [5.41, 5.74) is 2.59. The summed E-state index contributed by atoms with van der Waals surface area (Å²) in [5, 5.41) is 21.5. The zero-order valence-electron chi connectivity index (χ0n) is 24.3. The molecule has 2 atom stereocenters. The number of piperidine rings is 1. The van der Waals surface area contributed by atoms with E-state index in [4.69, 9.17) is 10.00 Å². The molecule has 10 nitrogen and oxygen atoms in total. The van der Waals surface area contributed by atoms with Gasteiger partial charge >= 0.3 is 0 Å². The fourth-order valence-corrected chi connectivity index (χ4v) is 6.25. The number of aliphatic hydroxyl groups excluding tert-OH is 1. The fraction of sp³-hybridized carbons (Fsp3) is 0.333. The highest BCUT2D eigenvalue weighted by atomic mass is 19.1.